The fourth-order valence-electron chi connectivity index (χ4n) is 3.30. The Hall–Kier alpha value is -1.97. The molecule has 1 fully saturated rings. The molecule has 2 amide bonds. The van der Waals surface area contributed by atoms with Crippen molar-refractivity contribution in [3.8, 4) is 0 Å². The summed E-state index contributed by atoms with van der Waals surface area (Å²) < 4.78 is 27.3. The molecule has 0 aromatic heterocycles. The minimum atomic E-state index is -3.83. The van der Waals surface area contributed by atoms with Gasteiger partial charge in [0.05, 0.1) is 10.9 Å². The number of rotatable bonds is 9. The molecule has 1 saturated heterocycles. The topological polar surface area (TPSA) is 108 Å². The molecule has 1 atom stereocenters. The van der Waals surface area contributed by atoms with Crippen molar-refractivity contribution in [3.63, 3.8) is 0 Å². The highest BCUT2D eigenvalue weighted by atomic mass is 32.2. The van der Waals surface area contributed by atoms with Crippen LogP contribution in [0.4, 0.5) is 5.69 Å². The predicted octanol–water partition coefficient (Wildman–Crippen LogP) is 1.69. The lowest BCUT2D eigenvalue weighted by molar-refractivity contribution is -0.122. The Morgan fingerprint density at radius 1 is 1.07 bits per heavy atom. The number of amides is 2. The summed E-state index contributed by atoms with van der Waals surface area (Å²) in [7, 11) is -3.83. The highest BCUT2D eigenvalue weighted by Crippen LogP contribution is 2.14. The maximum atomic E-state index is 12.5. The van der Waals surface area contributed by atoms with E-state index in [0.717, 1.165) is 26.1 Å². The number of hydrogen-bond donors (Lipinski definition) is 3. The lowest BCUT2D eigenvalue weighted by atomic mass is 10.2. The van der Waals surface area contributed by atoms with Crippen LogP contribution in [0.15, 0.2) is 29.2 Å². The van der Waals surface area contributed by atoms with E-state index in [1.165, 1.54) is 63.8 Å². The molecule has 0 spiro atoms. The van der Waals surface area contributed by atoms with Gasteiger partial charge in [0.25, 0.3) is 0 Å². The summed E-state index contributed by atoms with van der Waals surface area (Å²) in [6, 6.07) is 4.90. The molecule has 8 nitrogen and oxygen atoms in total. The van der Waals surface area contributed by atoms with Crippen molar-refractivity contribution in [2.24, 2.45) is 0 Å². The normalized spacial score (nSPS) is 16.6. The van der Waals surface area contributed by atoms with Crippen LogP contribution in [0, 0.1) is 0 Å². The number of anilines is 1. The fourth-order valence-corrected chi connectivity index (χ4v) is 4.51. The van der Waals surface area contributed by atoms with E-state index in [1.807, 2.05) is 0 Å². The number of likely N-dealkylation sites (tertiary alicyclic amines) is 1. The molecule has 0 bridgehead atoms. The van der Waals surface area contributed by atoms with Crippen molar-refractivity contribution < 1.29 is 18.0 Å². The van der Waals surface area contributed by atoms with Gasteiger partial charge >= 0.3 is 0 Å². The highest BCUT2D eigenvalue weighted by Gasteiger charge is 2.22. The van der Waals surface area contributed by atoms with Gasteiger partial charge in [-0.3, -0.25) is 9.59 Å². The number of hydrogen-bond acceptors (Lipinski definition) is 5. The Morgan fingerprint density at radius 3 is 2.28 bits per heavy atom. The number of nitrogens with zero attached hydrogens (tertiary/aromatic N) is 1. The second kappa shape index (κ2) is 11.3. The zero-order chi connectivity index (χ0) is 21.3. The molecule has 0 saturated carbocycles. The van der Waals surface area contributed by atoms with E-state index in [9.17, 15) is 18.0 Å². The van der Waals surface area contributed by atoms with Gasteiger partial charge in [0.1, 0.15) is 0 Å². The molecule has 9 heteroatoms. The molecule has 162 valence electrons. The highest BCUT2D eigenvalue weighted by molar-refractivity contribution is 7.89. The van der Waals surface area contributed by atoms with Gasteiger partial charge in [-0.05, 0) is 70.1 Å². The molecule has 1 aromatic carbocycles. The Kier molecular flexibility index (Phi) is 9.06. The first-order valence-corrected chi connectivity index (χ1v) is 11.7. The molecule has 0 aliphatic carbocycles. The van der Waals surface area contributed by atoms with E-state index in [4.69, 9.17) is 0 Å². The van der Waals surface area contributed by atoms with Crippen molar-refractivity contribution in [1.82, 2.24) is 14.9 Å². The molecule has 1 aromatic rings. The lowest BCUT2D eigenvalue weighted by Crippen LogP contribution is -2.45. The molecular formula is C20H32N4O4S. The summed E-state index contributed by atoms with van der Waals surface area (Å²) in [4.78, 5) is 25.7. The summed E-state index contributed by atoms with van der Waals surface area (Å²) in [5.74, 6) is -0.584. The third kappa shape index (κ3) is 8.12. The van der Waals surface area contributed by atoms with Gasteiger partial charge in [-0.15, -0.1) is 0 Å². The van der Waals surface area contributed by atoms with E-state index < -0.39 is 16.1 Å². The van der Waals surface area contributed by atoms with Crippen molar-refractivity contribution in [2.45, 2.75) is 56.9 Å². The number of nitrogens with one attached hydrogen (secondary N) is 3. The molecule has 1 aliphatic rings. The molecule has 29 heavy (non-hydrogen) atoms. The van der Waals surface area contributed by atoms with Gasteiger partial charge in [-0.25, -0.2) is 8.42 Å². The SMILES string of the molecule is CC(=O)Nc1ccc(S(=O)(=O)N[C@@H](C)C(=O)NCCCN2CCCCCC2)cc1. The van der Waals surface area contributed by atoms with Crippen LogP contribution in [0.25, 0.3) is 0 Å². The Bertz CT molecular complexity index is 772. The predicted molar refractivity (Wildman–Crippen MR) is 113 cm³/mol. The second-order valence-corrected chi connectivity index (χ2v) is 9.16. The Labute approximate surface area is 173 Å². The number of benzene rings is 1. The van der Waals surface area contributed by atoms with Gasteiger partial charge in [-0.2, -0.15) is 4.72 Å². The zero-order valence-electron chi connectivity index (χ0n) is 17.2. The van der Waals surface area contributed by atoms with Crippen LogP contribution in [-0.4, -0.2) is 57.4 Å². The number of sulfonamides is 1. The van der Waals surface area contributed by atoms with Gasteiger partial charge in [-0.1, -0.05) is 12.8 Å². The summed E-state index contributed by atoms with van der Waals surface area (Å²) >= 11 is 0. The van der Waals surface area contributed by atoms with Crippen LogP contribution in [0.5, 0.6) is 0 Å². The third-order valence-corrected chi connectivity index (χ3v) is 6.42. The molecule has 2 rings (SSSR count). The zero-order valence-corrected chi connectivity index (χ0v) is 18.1. The largest absolute Gasteiger partial charge is 0.355 e. The number of carbonyl (C=O) groups is 2. The maximum Gasteiger partial charge on any atom is 0.241 e. The Morgan fingerprint density at radius 2 is 1.69 bits per heavy atom. The molecule has 0 radical (unpaired) electrons. The average Bonchev–Trinajstić information content (AvgIpc) is 2.93. The van der Waals surface area contributed by atoms with Gasteiger partial charge in [0, 0.05) is 19.2 Å². The van der Waals surface area contributed by atoms with Crippen LogP contribution >= 0.6 is 0 Å². The summed E-state index contributed by atoms with van der Waals surface area (Å²) in [6.45, 7) is 6.59. The van der Waals surface area contributed by atoms with E-state index >= 15 is 0 Å². The standard InChI is InChI=1S/C20H32N4O4S/c1-16(20(26)21-12-7-15-24-13-5-3-4-6-14-24)23-29(27,28)19-10-8-18(9-11-19)22-17(2)25/h8-11,16,23H,3-7,12-15H2,1-2H3,(H,21,26)(H,22,25)/t16-/m0/s1. The monoisotopic (exact) mass is 424 g/mol. The van der Waals surface area contributed by atoms with Crippen LogP contribution in [-0.2, 0) is 19.6 Å². The van der Waals surface area contributed by atoms with Crippen molar-refractivity contribution in [2.75, 3.05) is 31.5 Å². The van der Waals surface area contributed by atoms with Crippen molar-refractivity contribution in [3.05, 3.63) is 24.3 Å². The van der Waals surface area contributed by atoms with E-state index in [2.05, 4.69) is 20.3 Å². The first kappa shape index (κ1) is 23.3. The Balaban J connectivity index is 1.77. The van der Waals surface area contributed by atoms with Gasteiger partial charge < -0.3 is 15.5 Å². The molecule has 0 unspecified atom stereocenters. The smallest absolute Gasteiger partial charge is 0.241 e. The van der Waals surface area contributed by atoms with Crippen LogP contribution in [0.1, 0.15) is 46.0 Å². The second-order valence-electron chi connectivity index (χ2n) is 7.45. The third-order valence-electron chi connectivity index (χ3n) is 4.86. The van der Waals surface area contributed by atoms with E-state index in [-0.39, 0.29) is 16.7 Å². The fraction of sp³-hybridized carbons (Fsp3) is 0.600. The minimum Gasteiger partial charge on any atom is -0.355 e. The van der Waals surface area contributed by atoms with Crippen molar-refractivity contribution >= 4 is 27.5 Å². The average molecular weight is 425 g/mol. The van der Waals surface area contributed by atoms with Gasteiger partial charge in [0.15, 0.2) is 0 Å². The molecule has 1 aliphatic heterocycles. The molecule has 1 heterocycles. The number of carbonyl (C=O) groups excluding carboxylic acids is 2. The van der Waals surface area contributed by atoms with E-state index in [0.29, 0.717) is 12.2 Å². The summed E-state index contributed by atoms with van der Waals surface area (Å²) in [5.41, 5.74) is 0.506. The summed E-state index contributed by atoms with van der Waals surface area (Å²) in [6.07, 6.45) is 5.89. The summed E-state index contributed by atoms with van der Waals surface area (Å²) in [5, 5.41) is 5.38. The molecule has 3 N–H and O–H groups in total. The van der Waals surface area contributed by atoms with E-state index in [1.54, 1.807) is 0 Å². The van der Waals surface area contributed by atoms with Crippen LogP contribution in [0.3, 0.4) is 0 Å². The first-order chi connectivity index (χ1) is 13.8. The van der Waals surface area contributed by atoms with Crippen molar-refractivity contribution in [1.29, 1.82) is 0 Å². The van der Waals surface area contributed by atoms with Crippen LogP contribution in [0.2, 0.25) is 0 Å². The maximum absolute atomic E-state index is 12.5. The quantitative estimate of drug-likeness (QED) is 0.523. The van der Waals surface area contributed by atoms with Crippen LogP contribution < -0.4 is 15.4 Å². The van der Waals surface area contributed by atoms with Gasteiger partial charge in [0.2, 0.25) is 21.8 Å². The molecular weight excluding hydrogens is 392 g/mol. The lowest BCUT2D eigenvalue weighted by Gasteiger charge is -2.20. The first-order valence-electron chi connectivity index (χ1n) is 10.2. The minimum absolute atomic E-state index is 0.0346.